The molecule has 9 heteroatoms. The van der Waals surface area contributed by atoms with Crippen molar-refractivity contribution in [2.75, 3.05) is 14.2 Å². The fourth-order valence-electron chi connectivity index (χ4n) is 0.939. The van der Waals surface area contributed by atoms with Gasteiger partial charge in [0.2, 0.25) is 5.16 Å². The molecule has 0 aliphatic rings. The molecule has 1 unspecified atom stereocenters. The Morgan fingerprint density at radius 1 is 1.41 bits per heavy atom. The number of tetrazole rings is 1. The molecular formula is C8H12N4O4S. The van der Waals surface area contributed by atoms with Crippen molar-refractivity contribution in [1.82, 2.24) is 20.2 Å². The minimum atomic E-state index is -0.468. The van der Waals surface area contributed by atoms with Gasteiger partial charge in [0.15, 0.2) is 0 Å². The van der Waals surface area contributed by atoms with Crippen molar-refractivity contribution in [1.29, 1.82) is 0 Å². The molecule has 0 amide bonds. The van der Waals surface area contributed by atoms with Crippen LogP contribution in [-0.2, 0) is 25.6 Å². The Kier molecular flexibility index (Phi) is 4.88. The molecule has 0 N–H and O–H groups in total. The van der Waals surface area contributed by atoms with Gasteiger partial charge in [0.1, 0.15) is 11.8 Å². The number of hydrogen-bond acceptors (Lipinski definition) is 8. The van der Waals surface area contributed by atoms with Crippen LogP contribution in [0.3, 0.4) is 0 Å². The molecule has 0 aliphatic carbocycles. The van der Waals surface area contributed by atoms with Gasteiger partial charge in [-0.25, -0.2) is 4.68 Å². The molecule has 1 atom stereocenters. The summed E-state index contributed by atoms with van der Waals surface area (Å²) in [6.07, 6.45) is 0. The highest BCUT2D eigenvalue weighted by Gasteiger charge is 2.19. The molecule has 1 heterocycles. The van der Waals surface area contributed by atoms with Gasteiger partial charge in [-0.05, 0) is 17.4 Å². The summed E-state index contributed by atoms with van der Waals surface area (Å²) in [5, 5.41) is 10.7. The van der Waals surface area contributed by atoms with Gasteiger partial charge in [0.25, 0.3) is 0 Å². The summed E-state index contributed by atoms with van der Waals surface area (Å²) < 4.78 is 10.3. The molecule has 94 valence electrons. The molecule has 0 saturated carbocycles. The Labute approximate surface area is 102 Å². The highest BCUT2D eigenvalue weighted by molar-refractivity contribution is 8.00. The highest BCUT2D eigenvalue weighted by atomic mass is 32.2. The molecule has 0 bridgehead atoms. The third-order valence-electron chi connectivity index (χ3n) is 1.82. The number of carbonyl (C=O) groups is 2. The molecule has 0 aliphatic heterocycles. The van der Waals surface area contributed by atoms with E-state index in [2.05, 4.69) is 25.0 Å². The van der Waals surface area contributed by atoms with Crippen LogP contribution in [0.25, 0.3) is 0 Å². The number of aromatic nitrogens is 4. The van der Waals surface area contributed by atoms with Gasteiger partial charge in [-0.1, -0.05) is 11.8 Å². The minimum absolute atomic E-state index is 0.0975. The standard InChI is InChI=1S/C8H12N4O4S/c1-5(7(14)16-3)17-8-9-10-11-12(8)4-6(13)15-2/h5H,4H2,1-3H3. The van der Waals surface area contributed by atoms with E-state index in [0.29, 0.717) is 5.16 Å². The van der Waals surface area contributed by atoms with Gasteiger partial charge in [0, 0.05) is 0 Å². The fraction of sp³-hybridized carbons (Fsp3) is 0.625. The van der Waals surface area contributed by atoms with E-state index in [1.807, 2.05) is 0 Å². The Balaban J connectivity index is 2.69. The molecule has 1 aromatic rings. The largest absolute Gasteiger partial charge is 0.468 e. The predicted molar refractivity (Wildman–Crippen MR) is 57.2 cm³/mol. The molecule has 0 fully saturated rings. The number of nitrogens with zero attached hydrogens (tertiary/aromatic N) is 4. The second kappa shape index (κ2) is 6.18. The Morgan fingerprint density at radius 2 is 2.12 bits per heavy atom. The second-order valence-electron chi connectivity index (χ2n) is 2.98. The number of ether oxygens (including phenoxy) is 2. The van der Waals surface area contributed by atoms with Crippen LogP contribution in [0.15, 0.2) is 5.16 Å². The van der Waals surface area contributed by atoms with Gasteiger partial charge in [-0.15, -0.1) is 5.10 Å². The topological polar surface area (TPSA) is 96.2 Å². The second-order valence-corrected chi connectivity index (χ2v) is 4.29. The molecule has 17 heavy (non-hydrogen) atoms. The average molecular weight is 260 g/mol. The maximum Gasteiger partial charge on any atom is 0.327 e. The number of esters is 2. The number of hydrogen-bond donors (Lipinski definition) is 0. The lowest BCUT2D eigenvalue weighted by Crippen LogP contribution is -2.18. The first-order chi connectivity index (χ1) is 8.08. The molecule has 0 radical (unpaired) electrons. The number of rotatable bonds is 5. The monoisotopic (exact) mass is 260 g/mol. The van der Waals surface area contributed by atoms with Crippen LogP contribution >= 0.6 is 11.8 Å². The van der Waals surface area contributed by atoms with E-state index >= 15 is 0 Å². The van der Waals surface area contributed by atoms with Crippen molar-refractivity contribution in [2.24, 2.45) is 0 Å². The first kappa shape index (κ1) is 13.4. The zero-order chi connectivity index (χ0) is 12.8. The molecular weight excluding hydrogens is 248 g/mol. The lowest BCUT2D eigenvalue weighted by molar-refractivity contribution is -0.141. The van der Waals surface area contributed by atoms with Crippen LogP contribution in [0.5, 0.6) is 0 Å². The van der Waals surface area contributed by atoms with Crippen LogP contribution in [0.1, 0.15) is 6.92 Å². The van der Waals surface area contributed by atoms with Crippen LogP contribution < -0.4 is 0 Å². The summed E-state index contributed by atoms with van der Waals surface area (Å²) in [5.41, 5.74) is 0. The molecule has 8 nitrogen and oxygen atoms in total. The van der Waals surface area contributed by atoms with E-state index in [4.69, 9.17) is 0 Å². The van der Waals surface area contributed by atoms with Gasteiger partial charge in [0.05, 0.1) is 14.2 Å². The summed E-state index contributed by atoms with van der Waals surface area (Å²) >= 11 is 1.11. The third-order valence-corrected chi connectivity index (χ3v) is 2.87. The first-order valence-electron chi connectivity index (χ1n) is 4.66. The predicted octanol–water partition coefficient (Wildman–Crippen LogP) is -0.500. The van der Waals surface area contributed by atoms with Crippen LogP contribution in [0, 0.1) is 0 Å². The lowest BCUT2D eigenvalue weighted by Gasteiger charge is -2.07. The molecule has 1 aromatic heterocycles. The van der Waals surface area contributed by atoms with Crippen molar-refractivity contribution < 1.29 is 19.1 Å². The SMILES string of the molecule is COC(=O)Cn1nnnc1SC(C)C(=O)OC. The van der Waals surface area contributed by atoms with Crippen molar-refractivity contribution >= 4 is 23.7 Å². The summed E-state index contributed by atoms with van der Waals surface area (Å²) in [6, 6.07) is 0. The number of methoxy groups -OCH3 is 2. The quantitative estimate of drug-likeness (QED) is 0.516. The zero-order valence-electron chi connectivity index (χ0n) is 9.61. The minimum Gasteiger partial charge on any atom is -0.468 e. The summed E-state index contributed by atoms with van der Waals surface area (Å²) in [7, 11) is 2.58. The summed E-state index contributed by atoms with van der Waals surface area (Å²) in [6.45, 7) is 1.56. The molecule has 0 aromatic carbocycles. The summed E-state index contributed by atoms with van der Waals surface area (Å²) in [5.74, 6) is -0.854. The lowest BCUT2D eigenvalue weighted by atomic mass is 10.5. The maximum absolute atomic E-state index is 11.2. The van der Waals surface area contributed by atoms with E-state index in [9.17, 15) is 9.59 Å². The van der Waals surface area contributed by atoms with Crippen molar-refractivity contribution in [3.63, 3.8) is 0 Å². The maximum atomic E-state index is 11.2. The third kappa shape index (κ3) is 3.70. The Hall–Kier alpha value is -1.64. The molecule has 0 saturated heterocycles. The first-order valence-corrected chi connectivity index (χ1v) is 5.54. The number of thioether (sulfide) groups is 1. The van der Waals surface area contributed by atoms with Gasteiger partial charge in [-0.3, -0.25) is 9.59 Å². The van der Waals surface area contributed by atoms with E-state index in [0.717, 1.165) is 11.8 Å². The van der Waals surface area contributed by atoms with Crippen molar-refractivity contribution in [3.05, 3.63) is 0 Å². The van der Waals surface area contributed by atoms with Crippen LogP contribution in [0.2, 0.25) is 0 Å². The van der Waals surface area contributed by atoms with Gasteiger partial charge < -0.3 is 9.47 Å². The normalized spacial score (nSPS) is 11.9. The van der Waals surface area contributed by atoms with E-state index < -0.39 is 11.2 Å². The van der Waals surface area contributed by atoms with E-state index in [-0.39, 0.29) is 12.5 Å². The number of carbonyl (C=O) groups excluding carboxylic acids is 2. The highest BCUT2D eigenvalue weighted by Crippen LogP contribution is 2.20. The Bertz CT molecular complexity index is 408. The molecule has 1 rings (SSSR count). The van der Waals surface area contributed by atoms with Gasteiger partial charge >= 0.3 is 11.9 Å². The van der Waals surface area contributed by atoms with Crippen LogP contribution in [-0.4, -0.2) is 51.6 Å². The Morgan fingerprint density at radius 3 is 2.71 bits per heavy atom. The van der Waals surface area contributed by atoms with Crippen molar-refractivity contribution in [2.45, 2.75) is 23.9 Å². The smallest absolute Gasteiger partial charge is 0.327 e. The van der Waals surface area contributed by atoms with Crippen LogP contribution in [0.4, 0.5) is 0 Å². The zero-order valence-corrected chi connectivity index (χ0v) is 10.4. The van der Waals surface area contributed by atoms with E-state index in [1.165, 1.54) is 18.9 Å². The average Bonchev–Trinajstić information content (AvgIpc) is 2.75. The summed E-state index contributed by atoms with van der Waals surface area (Å²) in [4.78, 5) is 22.3. The van der Waals surface area contributed by atoms with E-state index in [1.54, 1.807) is 6.92 Å². The fourth-order valence-corrected chi connectivity index (χ4v) is 1.75. The van der Waals surface area contributed by atoms with Crippen molar-refractivity contribution in [3.8, 4) is 0 Å². The van der Waals surface area contributed by atoms with Gasteiger partial charge in [-0.2, -0.15) is 0 Å². The molecule has 0 spiro atoms.